The summed E-state index contributed by atoms with van der Waals surface area (Å²) in [4.78, 5) is 11.8. The first-order chi connectivity index (χ1) is 7.66. The quantitative estimate of drug-likeness (QED) is 0.743. The molecule has 1 saturated heterocycles. The summed E-state index contributed by atoms with van der Waals surface area (Å²) in [7, 11) is 0. The van der Waals surface area contributed by atoms with Gasteiger partial charge in [0.1, 0.15) is 0 Å². The molecule has 3 N–H and O–H groups in total. The van der Waals surface area contributed by atoms with Crippen LogP contribution in [0.25, 0.3) is 0 Å². The third-order valence-corrected chi connectivity index (χ3v) is 2.84. The lowest BCUT2D eigenvalue weighted by atomic mass is 10.1. The van der Waals surface area contributed by atoms with Crippen LogP contribution < -0.4 is 11.1 Å². The van der Waals surface area contributed by atoms with Crippen LogP contribution in [-0.4, -0.2) is 19.1 Å². The van der Waals surface area contributed by atoms with Crippen molar-refractivity contribution in [2.45, 2.75) is 13.3 Å². The van der Waals surface area contributed by atoms with Crippen LogP contribution in [0.4, 0.5) is 11.4 Å². The summed E-state index contributed by atoms with van der Waals surface area (Å²) in [5, 5.41) is 2.88. The van der Waals surface area contributed by atoms with Crippen molar-refractivity contribution in [3.63, 3.8) is 0 Å². The Bertz CT molecular complexity index is 398. The number of nitrogen functional groups attached to an aromatic ring is 1. The number of amides is 1. The predicted molar refractivity (Wildman–Crippen MR) is 63.1 cm³/mol. The lowest BCUT2D eigenvalue weighted by Gasteiger charge is -2.10. The molecule has 1 aromatic carbocycles. The number of ether oxygens (including phenoxy) is 1. The van der Waals surface area contributed by atoms with E-state index < -0.39 is 0 Å². The van der Waals surface area contributed by atoms with Crippen molar-refractivity contribution in [3.05, 3.63) is 23.8 Å². The molecule has 86 valence electrons. The molecule has 1 unspecified atom stereocenters. The van der Waals surface area contributed by atoms with Crippen LogP contribution in [0.3, 0.4) is 0 Å². The lowest BCUT2D eigenvalue weighted by Crippen LogP contribution is -2.22. The van der Waals surface area contributed by atoms with E-state index in [0.29, 0.717) is 13.2 Å². The van der Waals surface area contributed by atoms with Crippen molar-refractivity contribution < 1.29 is 9.53 Å². The fourth-order valence-electron chi connectivity index (χ4n) is 1.74. The minimum atomic E-state index is -0.0159. The van der Waals surface area contributed by atoms with Crippen molar-refractivity contribution in [2.24, 2.45) is 5.92 Å². The first kappa shape index (κ1) is 11.0. The van der Waals surface area contributed by atoms with Gasteiger partial charge in [0, 0.05) is 18.0 Å². The van der Waals surface area contributed by atoms with Gasteiger partial charge in [0.05, 0.1) is 12.5 Å². The Morgan fingerprint density at radius 2 is 2.38 bits per heavy atom. The SMILES string of the molecule is Cc1cc(NC(=O)C2CCOC2)ccc1N. The molecule has 0 saturated carbocycles. The van der Waals surface area contributed by atoms with E-state index in [4.69, 9.17) is 10.5 Å². The zero-order valence-corrected chi connectivity index (χ0v) is 9.32. The highest BCUT2D eigenvalue weighted by Gasteiger charge is 2.23. The number of rotatable bonds is 2. The molecule has 4 nitrogen and oxygen atoms in total. The number of nitrogens with two attached hydrogens (primary N) is 1. The highest BCUT2D eigenvalue weighted by Crippen LogP contribution is 2.19. The standard InChI is InChI=1S/C12H16N2O2/c1-8-6-10(2-3-11(8)13)14-12(15)9-4-5-16-7-9/h2-3,6,9H,4-5,7,13H2,1H3,(H,14,15). The van der Waals surface area contributed by atoms with E-state index >= 15 is 0 Å². The van der Waals surface area contributed by atoms with E-state index in [0.717, 1.165) is 23.4 Å². The van der Waals surface area contributed by atoms with E-state index in [1.54, 1.807) is 6.07 Å². The third-order valence-electron chi connectivity index (χ3n) is 2.84. The molecular weight excluding hydrogens is 204 g/mol. The van der Waals surface area contributed by atoms with Gasteiger partial charge in [0.25, 0.3) is 0 Å². The molecular formula is C12H16N2O2. The van der Waals surface area contributed by atoms with Crippen LogP contribution in [-0.2, 0) is 9.53 Å². The summed E-state index contributed by atoms with van der Waals surface area (Å²) in [6.07, 6.45) is 0.805. The molecule has 4 heteroatoms. The summed E-state index contributed by atoms with van der Waals surface area (Å²) < 4.78 is 5.18. The van der Waals surface area contributed by atoms with Crippen molar-refractivity contribution >= 4 is 17.3 Å². The van der Waals surface area contributed by atoms with Crippen molar-refractivity contribution in [1.29, 1.82) is 0 Å². The Kier molecular flexibility index (Phi) is 3.10. The molecule has 16 heavy (non-hydrogen) atoms. The smallest absolute Gasteiger partial charge is 0.229 e. The first-order valence-electron chi connectivity index (χ1n) is 5.41. The molecule has 1 amide bonds. The Hall–Kier alpha value is -1.55. The maximum Gasteiger partial charge on any atom is 0.229 e. The minimum absolute atomic E-state index is 0.0159. The normalized spacial score (nSPS) is 19.7. The van der Waals surface area contributed by atoms with E-state index in [1.165, 1.54) is 0 Å². The second kappa shape index (κ2) is 4.53. The van der Waals surface area contributed by atoms with E-state index in [-0.39, 0.29) is 11.8 Å². The number of hydrogen-bond donors (Lipinski definition) is 2. The van der Waals surface area contributed by atoms with Crippen molar-refractivity contribution in [3.8, 4) is 0 Å². The van der Waals surface area contributed by atoms with Gasteiger partial charge in [-0.15, -0.1) is 0 Å². The van der Waals surface area contributed by atoms with Crippen LogP contribution >= 0.6 is 0 Å². The van der Waals surface area contributed by atoms with Gasteiger partial charge in [-0.25, -0.2) is 0 Å². The fraction of sp³-hybridized carbons (Fsp3) is 0.417. The Labute approximate surface area is 94.8 Å². The molecule has 1 aliphatic heterocycles. The van der Waals surface area contributed by atoms with Gasteiger partial charge in [-0.3, -0.25) is 4.79 Å². The van der Waals surface area contributed by atoms with Gasteiger partial charge in [0.2, 0.25) is 5.91 Å². The number of anilines is 2. The maximum atomic E-state index is 11.8. The molecule has 0 aromatic heterocycles. The summed E-state index contributed by atoms with van der Waals surface area (Å²) in [6.45, 7) is 3.13. The highest BCUT2D eigenvalue weighted by molar-refractivity contribution is 5.93. The minimum Gasteiger partial charge on any atom is -0.399 e. The van der Waals surface area contributed by atoms with Crippen LogP contribution in [0, 0.1) is 12.8 Å². The Balaban J connectivity index is 2.02. The number of aryl methyl sites for hydroxylation is 1. The van der Waals surface area contributed by atoms with Gasteiger partial charge in [0.15, 0.2) is 0 Å². The third kappa shape index (κ3) is 2.33. The second-order valence-electron chi connectivity index (χ2n) is 4.12. The lowest BCUT2D eigenvalue weighted by molar-refractivity contribution is -0.119. The molecule has 1 atom stereocenters. The molecule has 0 bridgehead atoms. The average molecular weight is 220 g/mol. The zero-order chi connectivity index (χ0) is 11.5. The van der Waals surface area contributed by atoms with Gasteiger partial charge >= 0.3 is 0 Å². The van der Waals surface area contributed by atoms with Crippen LogP contribution in [0.1, 0.15) is 12.0 Å². The Morgan fingerprint density at radius 1 is 1.56 bits per heavy atom. The predicted octanol–water partition coefficient (Wildman–Crippen LogP) is 1.55. The highest BCUT2D eigenvalue weighted by atomic mass is 16.5. The molecule has 1 aliphatic rings. The monoisotopic (exact) mass is 220 g/mol. The molecule has 1 fully saturated rings. The molecule has 1 aromatic rings. The number of carbonyl (C=O) groups excluding carboxylic acids is 1. The van der Waals surface area contributed by atoms with E-state index in [9.17, 15) is 4.79 Å². The van der Waals surface area contributed by atoms with Gasteiger partial charge in [-0.2, -0.15) is 0 Å². The number of benzene rings is 1. The maximum absolute atomic E-state index is 11.8. The number of nitrogens with one attached hydrogen (secondary N) is 1. The molecule has 0 spiro atoms. The van der Waals surface area contributed by atoms with Crippen LogP contribution in [0.5, 0.6) is 0 Å². The molecule has 2 rings (SSSR count). The number of carbonyl (C=O) groups is 1. The topological polar surface area (TPSA) is 64.3 Å². The zero-order valence-electron chi connectivity index (χ0n) is 9.32. The first-order valence-corrected chi connectivity index (χ1v) is 5.41. The van der Waals surface area contributed by atoms with Gasteiger partial charge in [-0.05, 0) is 37.1 Å². The van der Waals surface area contributed by atoms with E-state index in [1.807, 2.05) is 19.1 Å². The summed E-state index contributed by atoms with van der Waals surface area (Å²) in [5.41, 5.74) is 8.21. The van der Waals surface area contributed by atoms with Crippen molar-refractivity contribution in [2.75, 3.05) is 24.3 Å². The Morgan fingerprint density at radius 3 is 3.00 bits per heavy atom. The average Bonchev–Trinajstić information content (AvgIpc) is 2.77. The summed E-state index contributed by atoms with van der Waals surface area (Å²) in [5.74, 6) is 0.0135. The van der Waals surface area contributed by atoms with Crippen molar-refractivity contribution in [1.82, 2.24) is 0 Å². The van der Waals surface area contributed by atoms with E-state index in [2.05, 4.69) is 5.32 Å². The van der Waals surface area contributed by atoms with Gasteiger partial charge < -0.3 is 15.8 Å². The fourth-order valence-corrected chi connectivity index (χ4v) is 1.74. The van der Waals surface area contributed by atoms with Gasteiger partial charge in [-0.1, -0.05) is 0 Å². The molecule has 0 radical (unpaired) electrons. The second-order valence-corrected chi connectivity index (χ2v) is 4.12. The largest absolute Gasteiger partial charge is 0.399 e. The number of hydrogen-bond acceptors (Lipinski definition) is 3. The van der Waals surface area contributed by atoms with Crippen LogP contribution in [0.2, 0.25) is 0 Å². The molecule has 1 heterocycles. The summed E-state index contributed by atoms with van der Waals surface area (Å²) in [6, 6.07) is 5.50. The molecule has 0 aliphatic carbocycles. The summed E-state index contributed by atoms with van der Waals surface area (Å²) >= 11 is 0. The van der Waals surface area contributed by atoms with Crippen LogP contribution in [0.15, 0.2) is 18.2 Å².